The number of hydrogen-bond donors (Lipinski definition) is 1. The minimum absolute atomic E-state index is 0.0599. The van der Waals surface area contributed by atoms with Crippen LogP contribution in [0.15, 0.2) is 18.3 Å². The summed E-state index contributed by atoms with van der Waals surface area (Å²) in [6.45, 7) is 0.0599. The Kier molecular flexibility index (Phi) is 3.41. The van der Waals surface area contributed by atoms with Crippen LogP contribution in [0.1, 0.15) is 0 Å². The second kappa shape index (κ2) is 4.79. The van der Waals surface area contributed by atoms with E-state index in [0.717, 1.165) is 0 Å². The lowest BCUT2D eigenvalue weighted by molar-refractivity contribution is -0.384. The summed E-state index contributed by atoms with van der Waals surface area (Å²) in [6, 6.07) is 2.53. The molecule has 1 N–H and O–H groups in total. The number of nitrogens with zero attached hydrogens (tertiary/aromatic N) is 2. The average Bonchev–Trinajstić information content (AvgIpc) is 2.19. The van der Waals surface area contributed by atoms with Gasteiger partial charge in [0.25, 0.3) is 5.69 Å². The van der Waals surface area contributed by atoms with E-state index in [0.29, 0.717) is 0 Å². The molecule has 1 rings (SSSR count). The average molecular weight is 193 g/mol. The molecule has 0 atom stereocenters. The van der Waals surface area contributed by atoms with Crippen LogP contribution in [0.2, 0.25) is 0 Å². The first-order chi connectivity index (χ1) is 6.74. The van der Waals surface area contributed by atoms with Gasteiger partial charge < -0.3 is 0 Å². The summed E-state index contributed by atoms with van der Waals surface area (Å²) < 4.78 is 0. The number of anilines is 1. The second-order valence-corrected chi connectivity index (χ2v) is 2.25. The normalized spacial score (nSPS) is 9.07. The topological polar surface area (TPSA) is 77.3 Å². The zero-order chi connectivity index (χ0) is 10.4. The molecule has 0 bridgehead atoms. The summed E-state index contributed by atoms with van der Waals surface area (Å²) in [6.07, 6.45) is 6.23. The summed E-state index contributed by atoms with van der Waals surface area (Å²) in [5.74, 6) is 2.47. The van der Waals surface area contributed by atoms with Gasteiger partial charge in [-0.15, -0.1) is 6.42 Å². The van der Waals surface area contributed by atoms with Crippen LogP contribution in [0.3, 0.4) is 0 Å². The first-order valence-corrected chi connectivity index (χ1v) is 3.65. The van der Waals surface area contributed by atoms with Gasteiger partial charge in [0.15, 0.2) is 5.82 Å². The van der Waals surface area contributed by atoms with E-state index in [1.54, 1.807) is 0 Å². The van der Waals surface area contributed by atoms with Crippen molar-refractivity contribution in [2.24, 2.45) is 0 Å². The van der Waals surface area contributed by atoms with Crippen LogP contribution in [-0.4, -0.2) is 16.5 Å². The fourth-order valence-electron chi connectivity index (χ4n) is 0.740. The van der Waals surface area contributed by atoms with Crippen molar-refractivity contribution < 1.29 is 9.76 Å². The highest BCUT2D eigenvalue weighted by molar-refractivity contribution is 5.42. The Hall–Kier alpha value is -2.13. The highest BCUT2D eigenvalue weighted by atomic mass is 16.6. The Morgan fingerprint density at radius 3 is 3.21 bits per heavy atom. The van der Waals surface area contributed by atoms with E-state index in [4.69, 9.17) is 11.3 Å². The van der Waals surface area contributed by atoms with Gasteiger partial charge in [-0.3, -0.25) is 15.0 Å². The quantitative estimate of drug-likeness (QED) is 0.333. The largest absolute Gasteiger partial charge is 0.274 e. The molecule has 6 heteroatoms. The molecule has 0 amide bonds. The van der Waals surface area contributed by atoms with E-state index in [-0.39, 0.29) is 18.1 Å². The Morgan fingerprint density at radius 2 is 2.57 bits per heavy atom. The van der Waals surface area contributed by atoms with Crippen molar-refractivity contribution in [1.29, 1.82) is 0 Å². The predicted molar refractivity (Wildman–Crippen MR) is 49.3 cm³/mol. The summed E-state index contributed by atoms with van der Waals surface area (Å²) in [4.78, 5) is 18.4. The van der Waals surface area contributed by atoms with E-state index in [2.05, 4.69) is 16.4 Å². The number of hydrogen-bond acceptors (Lipinski definition) is 5. The molecule has 1 heterocycles. The third-order valence-corrected chi connectivity index (χ3v) is 1.29. The van der Waals surface area contributed by atoms with E-state index in [9.17, 15) is 10.1 Å². The lowest BCUT2D eigenvalue weighted by Gasteiger charge is -2.01. The lowest BCUT2D eigenvalue weighted by atomic mass is 10.4. The molecule has 0 unspecified atom stereocenters. The van der Waals surface area contributed by atoms with Gasteiger partial charge in [-0.25, -0.2) is 10.5 Å². The van der Waals surface area contributed by atoms with Crippen molar-refractivity contribution in [1.82, 2.24) is 4.98 Å². The van der Waals surface area contributed by atoms with Crippen molar-refractivity contribution in [2.45, 2.75) is 0 Å². The van der Waals surface area contributed by atoms with Gasteiger partial charge in [0, 0.05) is 12.3 Å². The fourth-order valence-corrected chi connectivity index (χ4v) is 0.740. The Morgan fingerprint density at radius 1 is 1.79 bits per heavy atom. The Labute approximate surface area is 80.0 Å². The van der Waals surface area contributed by atoms with Crippen LogP contribution in [0.5, 0.6) is 0 Å². The third-order valence-electron chi connectivity index (χ3n) is 1.29. The summed E-state index contributed by atoms with van der Waals surface area (Å²) >= 11 is 0. The number of nitro groups is 1. The minimum Gasteiger partial charge on any atom is -0.262 e. The molecule has 0 radical (unpaired) electrons. The number of nitrogens with one attached hydrogen (secondary N) is 1. The fraction of sp³-hybridized carbons (Fsp3) is 0.125. The molecule has 0 aliphatic heterocycles. The molecule has 1 aromatic heterocycles. The van der Waals surface area contributed by atoms with Gasteiger partial charge in [0.2, 0.25) is 0 Å². The Balaban J connectivity index is 2.65. The van der Waals surface area contributed by atoms with Crippen LogP contribution in [0.25, 0.3) is 0 Å². The van der Waals surface area contributed by atoms with Crippen LogP contribution < -0.4 is 5.48 Å². The Bertz CT molecular complexity index is 372. The highest BCUT2D eigenvalue weighted by Gasteiger charge is 2.05. The van der Waals surface area contributed by atoms with Gasteiger partial charge in [0.1, 0.15) is 6.61 Å². The molecule has 0 spiro atoms. The van der Waals surface area contributed by atoms with Crippen molar-refractivity contribution >= 4 is 11.5 Å². The second-order valence-electron chi connectivity index (χ2n) is 2.25. The van der Waals surface area contributed by atoms with Crippen molar-refractivity contribution in [3.05, 3.63) is 28.4 Å². The standard InChI is InChI=1S/C8H7N3O3/c1-2-5-14-10-8-6-7(11(12)13)3-4-9-8/h1,3-4,6H,5H2,(H,9,10). The molecule has 14 heavy (non-hydrogen) atoms. The number of pyridine rings is 1. The molecule has 0 aliphatic carbocycles. The molecular weight excluding hydrogens is 186 g/mol. The van der Waals surface area contributed by atoms with Crippen LogP contribution in [0, 0.1) is 22.5 Å². The maximum atomic E-state index is 10.4. The molecule has 0 saturated heterocycles. The summed E-state index contributed by atoms with van der Waals surface area (Å²) in [7, 11) is 0. The minimum atomic E-state index is -0.520. The zero-order valence-corrected chi connectivity index (χ0v) is 7.14. The molecule has 0 aromatic carbocycles. The monoisotopic (exact) mass is 193 g/mol. The van der Waals surface area contributed by atoms with Gasteiger partial charge in [-0.2, -0.15) is 0 Å². The molecule has 6 nitrogen and oxygen atoms in total. The molecule has 0 aliphatic rings. The van der Waals surface area contributed by atoms with Gasteiger partial charge in [-0.05, 0) is 0 Å². The number of aromatic nitrogens is 1. The zero-order valence-electron chi connectivity index (χ0n) is 7.14. The smallest absolute Gasteiger partial charge is 0.262 e. The van der Waals surface area contributed by atoms with Crippen molar-refractivity contribution in [2.75, 3.05) is 12.1 Å². The molecule has 0 saturated carbocycles. The number of rotatable bonds is 4. The van der Waals surface area contributed by atoms with Crippen LogP contribution in [0.4, 0.5) is 11.5 Å². The maximum Gasteiger partial charge on any atom is 0.274 e. The molecule has 0 fully saturated rings. The van der Waals surface area contributed by atoms with Gasteiger partial charge in [0.05, 0.1) is 11.0 Å². The van der Waals surface area contributed by atoms with E-state index < -0.39 is 4.92 Å². The molecule has 1 aromatic rings. The van der Waals surface area contributed by atoms with E-state index >= 15 is 0 Å². The highest BCUT2D eigenvalue weighted by Crippen LogP contribution is 2.13. The van der Waals surface area contributed by atoms with Gasteiger partial charge >= 0.3 is 0 Å². The predicted octanol–water partition coefficient (Wildman–Crippen LogP) is 0.966. The van der Waals surface area contributed by atoms with Crippen molar-refractivity contribution in [3.8, 4) is 12.3 Å². The molecule has 72 valence electrons. The first kappa shape index (κ1) is 9.95. The molecular formula is C8H7N3O3. The van der Waals surface area contributed by atoms with Gasteiger partial charge in [-0.1, -0.05) is 5.92 Å². The summed E-state index contributed by atoms with van der Waals surface area (Å²) in [5.41, 5.74) is 2.32. The SMILES string of the molecule is C#CCONc1cc([N+](=O)[O-])ccn1. The first-order valence-electron chi connectivity index (χ1n) is 3.65. The maximum absolute atomic E-state index is 10.4. The van der Waals surface area contributed by atoms with Crippen LogP contribution in [-0.2, 0) is 4.84 Å². The van der Waals surface area contributed by atoms with E-state index in [1.165, 1.54) is 18.3 Å². The van der Waals surface area contributed by atoms with Crippen molar-refractivity contribution in [3.63, 3.8) is 0 Å². The number of terminal acetylenes is 1. The van der Waals surface area contributed by atoms with Crippen LogP contribution >= 0.6 is 0 Å². The summed E-state index contributed by atoms with van der Waals surface area (Å²) in [5, 5.41) is 10.4. The third kappa shape index (κ3) is 2.73. The van der Waals surface area contributed by atoms with E-state index in [1.807, 2.05) is 0 Å². The lowest BCUT2D eigenvalue weighted by Crippen LogP contribution is -2.03.